The van der Waals surface area contributed by atoms with Gasteiger partial charge in [-0.25, -0.2) is 9.37 Å². The maximum absolute atomic E-state index is 14.1. The minimum Gasteiger partial charge on any atom is -0.366 e. The van der Waals surface area contributed by atoms with E-state index >= 15 is 0 Å². The Labute approximate surface area is 170 Å². The molecule has 0 unspecified atom stereocenters. The highest BCUT2D eigenvalue weighted by Crippen LogP contribution is 2.32. The predicted octanol–water partition coefficient (Wildman–Crippen LogP) is 4.03. The molecule has 1 fully saturated rings. The van der Waals surface area contributed by atoms with E-state index in [4.69, 9.17) is 4.98 Å². The van der Waals surface area contributed by atoms with Crippen molar-refractivity contribution in [1.82, 2.24) is 9.97 Å². The van der Waals surface area contributed by atoms with Crippen LogP contribution in [-0.4, -0.2) is 42.7 Å². The fourth-order valence-corrected chi connectivity index (χ4v) is 4.27. The second kappa shape index (κ2) is 7.70. The average Bonchev–Trinajstić information content (AvgIpc) is 2.79. The maximum atomic E-state index is 14.1. The third-order valence-electron chi connectivity index (χ3n) is 5.78. The minimum absolute atomic E-state index is 0.158. The van der Waals surface area contributed by atoms with Crippen LogP contribution in [0, 0.1) is 5.82 Å². The molecule has 0 radical (unpaired) electrons. The number of halogens is 1. The molecule has 0 saturated carbocycles. The molecule has 0 spiro atoms. The molecule has 0 bridgehead atoms. The first-order chi connectivity index (χ1) is 14.3. The summed E-state index contributed by atoms with van der Waals surface area (Å²) in [6, 6.07) is 17.5. The highest BCUT2D eigenvalue weighted by molar-refractivity contribution is 5.64. The van der Waals surface area contributed by atoms with Crippen molar-refractivity contribution in [3.8, 4) is 0 Å². The van der Waals surface area contributed by atoms with Crippen LogP contribution >= 0.6 is 0 Å². The number of piperazine rings is 1. The number of aryl methyl sites for hydroxylation is 1. The number of aromatic nitrogens is 2. The Morgan fingerprint density at radius 3 is 2.31 bits per heavy atom. The molecule has 5 nitrogen and oxygen atoms in total. The van der Waals surface area contributed by atoms with Crippen molar-refractivity contribution >= 4 is 23.1 Å². The Bertz CT molecular complexity index is 1000. The third-order valence-corrected chi connectivity index (χ3v) is 5.78. The van der Waals surface area contributed by atoms with Gasteiger partial charge in [-0.3, -0.25) is 0 Å². The zero-order valence-electron chi connectivity index (χ0n) is 16.3. The van der Waals surface area contributed by atoms with Gasteiger partial charge in [0.05, 0.1) is 5.69 Å². The van der Waals surface area contributed by atoms with Crippen molar-refractivity contribution in [2.24, 2.45) is 0 Å². The second-order valence-electron chi connectivity index (χ2n) is 7.52. The zero-order valence-corrected chi connectivity index (χ0v) is 16.3. The van der Waals surface area contributed by atoms with Gasteiger partial charge in [0.1, 0.15) is 11.6 Å². The van der Waals surface area contributed by atoms with Crippen molar-refractivity contribution in [2.75, 3.05) is 47.4 Å². The fourth-order valence-electron chi connectivity index (χ4n) is 4.27. The maximum Gasteiger partial charge on any atom is 0.231 e. The SMILES string of the molecule is Fc1ccccc1N1CCN(c2ccnc(N3CCCc4ccccc43)n2)CC1. The monoisotopic (exact) mass is 389 g/mol. The van der Waals surface area contributed by atoms with Gasteiger partial charge in [-0.1, -0.05) is 30.3 Å². The third kappa shape index (κ3) is 3.50. The van der Waals surface area contributed by atoms with Crippen molar-refractivity contribution in [1.29, 1.82) is 0 Å². The number of para-hydroxylation sites is 2. The molecular formula is C23H24FN5. The summed E-state index contributed by atoms with van der Waals surface area (Å²) in [6.45, 7) is 4.09. The fraction of sp³-hybridized carbons (Fsp3) is 0.304. The molecule has 2 aromatic carbocycles. The van der Waals surface area contributed by atoms with E-state index in [0.29, 0.717) is 5.69 Å². The summed E-state index contributed by atoms with van der Waals surface area (Å²) < 4.78 is 14.1. The molecule has 3 heterocycles. The number of anilines is 4. The first-order valence-electron chi connectivity index (χ1n) is 10.2. The van der Waals surface area contributed by atoms with E-state index in [1.807, 2.05) is 24.4 Å². The van der Waals surface area contributed by atoms with Crippen LogP contribution in [0.25, 0.3) is 0 Å². The van der Waals surface area contributed by atoms with Gasteiger partial charge in [-0.15, -0.1) is 0 Å². The van der Waals surface area contributed by atoms with Gasteiger partial charge in [0.2, 0.25) is 5.95 Å². The normalized spacial score (nSPS) is 16.7. The molecule has 5 rings (SSSR count). The summed E-state index contributed by atoms with van der Waals surface area (Å²) in [7, 11) is 0. The van der Waals surface area contributed by atoms with Crippen LogP contribution in [-0.2, 0) is 6.42 Å². The van der Waals surface area contributed by atoms with Crippen molar-refractivity contribution in [2.45, 2.75) is 12.8 Å². The van der Waals surface area contributed by atoms with Gasteiger partial charge in [0, 0.05) is 44.6 Å². The molecule has 1 saturated heterocycles. The van der Waals surface area contributed by atoms with Crippen LogP contribution in [0.2, 0.25) is 0 Å². The molecule has 2 aliphatic rings. The Morgan fingerprint density at radius 1 is 0.759 bits per heavy atom. The highest BCUT2D eigenvalue weighted by atomic mass is 19.1. The molecule has 0 N–H and O–H groups in total. The van der Waals surface area contributed by atoms with E-state index in [1.165, 1.54) is 17.3 Å². The van der Waals surface area contributed by atoms with Gasteiger partial charge >= 0.3 is 0 Å². The van der Waals surface area contributed by atoms with Gasteiger partial charge in [0.15, 0.2) is 0 Å². The van der Waals surface area contributed by atoms with Crippen LogP contribution in [0.5, 0.6) is 0 Å². The van der Waals surface area contributed by atoms with Crippen LogP contribution < -0.4 is 14.7 Å². The summed E-state index contributed by atoms with van der Waals surface area (Å²) in [5, 5.41) is 0. The van der Waals surface area contributed by atoms with Gasteiger partial charge in [-0.05, 0) is 42.7 Å². The molecule has 0 aliphatic carbocycles. The molecule has 2 aliphatic heterocycles. The molecule has 3 aromatic rings. The van der Waals surface area contributed by atoms with E-state index in [2.05, 4.69) is 43.9 Å². The molecule has 6 heteroatoms. The van der Waals surface area contributed by atoms with Crippen molar-refractivity contribution in [3.05, 3.63) is 72.2 Å². The van der Waals surface area contributed by atoms with Crippen LogP contribution in [0.15, 0.2) is 60.8 Å². The molecule has 1 aromatic heterocycles. The van der Waals surface area contributed by atoms with E-state index in [0.717, 1.165) is 57.3 Å². The summed E-state index contributed by atoms with van der Waals surface area (Å²) in [5.41, 5.74) is 3.24. The van der Waals surface area contributed by atoms with Gasteiger partial charge < -0.3 is 14.7 Å². The second-order valence-corrected chi connectivity index (χ2v) is 7.52. The number of benzene rings is 2. The number of hydrogen-bond acceptors (Lipinski definition) is 5. The minimum atomic E-state index is -0.158. The first kappa shape index (κ1) is 17.9. The first-order valence-corrected chi connectivity index (χ1v) is 10.2. The average molecular weight is 389 g/mol. The topological polar surface area (TPSA) is 35.5 Å². The lowest BCUT2D eigenvalue weighted by Gasteiger charge is -2.37. The smallest absolute Gasteiger partial charge is 0.231 e. The van der Waals surface area contributed by atoms with E-state index < -0.39 is 0 Å². The predicted molar refractivity (Wildman–Crippen MR) is 115 cm³/mol. The highest BCUT2D eigenvalue weighted by Gasteiger charge is 2.23. The van der Waals surface area contributed by atoms with Gasteiger partial charge in [-0.2, -0.15) is 4.98 Å². The number of hydrogen-bond donors (Lipinski definition) is 0. The molecule has 0 amide bonds. The Kier molecular flexibility index (Phi) is 4.76. The summed E-state index contributed by atoms with van der Waals surface area (Å²) in [5.74, 6) is 1.53. The lowest BCUT2D eigenvalue weighted by atomic mass is 10.0. The van der Waals surface area contributed by atoms with Crippen LogP contribution in [0.3, 0.4) is 0 Å². The van der Waals surface area contributed by atoms with Gasteiger partial charge in [0.25, 0.3) is 0 Å². The standard InChI is InChI=1S/C23H24FN5/c24-19-8-2-4-10-21(19)27-14-16-28(17-15-27)22-11-12-25-23(26-22)29-13-5-7-18-6-1-3-9-20(18)29/h1-4,6,8-12H,5,7,13-17H2. The number of nitrogens with zero attached hydrogens (tertiary/aromatic N) is 5. The Morgan fingerprint density at radius 2 is 1.48 bits per heavy atom. The van der Waals surface area contributed by atoms with Crippen molar-refractivity contribution < 1.29 is 4.39 Å². The van der Waals surface area contributed by atoms with E-state index in [9.17, 15) is 4.39 Å². The zero-order chi connectivity index (χ0) is 19.6. The quantitative estimate of drug-likeness (QED) is 0.676. The largest absolute Gasteiger partial charge is 0.366 e. The Hall–Kier alpha value is -3.15. The molecular weight excluding hydrogens is 365 g/mol. The lowest BCUT2D eigenvalue weighted by molar-refractivity contribution is 0.596. The summed E-state index contributed by atoms with van der Waals surface area (Å²) in [6.07, 6.45) is 4.05. The lowest BCUT2D eigenvalue weighted by Crippen LogP contribution is -2.47. The van der Waals surface area contributed by atoms with Crippen LogP contribution in [0.1, 0.15) is 12.0 Å². The molecule has 29 heavy (non-hydrogen) atoms. The molecule has 0 atom stereocenters. The van der Waals surface area contributed by atoms with E-state index in [1.54, 1.807) is 6.07 Å². The van der Waals surface area contributed by atoms with Crippen molar-refractivity contribution in [3.63, 3.8) is 0 Å². The number of rotatable bonds is 3. The molecule has 148 valence electrons. The Balaban J connectivity index is 1.33. The van der Waals surface area contributed by atoms with Crippen LogP contribution in [0.4, 0.5) is 27.5 Å². The van der Waals surface area contributed by atoms with E-state index in [-0.39, 0.29) is 5.82 Å². The summed E-state index contributed by atoms with van der Waals surface area (Å²) >= 11 is 0. The number of fused-ring (bicyclic) bond motifs is 1. The summed E-state index contributed by atoms with van der Waals surface area (Å²) in [4.78, 5) is 16.0.